The van der Waals surface area contributed by atoms with Gasteiger partial charge >= 0.3 is 19.5 Å². The van der Waals surface area contributed by atoms with Crippen LogP contribution in [0.25, 0.3) is 45.6 Å². The predicted molar refractivity (Wildman–Crippen MR) is 141 cm³/mol. The van der Waals surface area contributed by atoms with Crippen LogP contribution in [0.15, 0.2) is 134 Å². The van der Waals surface area contributed by atoms with Gasteiger partial charge in [0, 0.05) is 24.8 Å². The van der Waals surface area contributed by atoms with Crippen molar-refractivity contribution >= 4 is 0 Å². The fourth-order valence-electron chi connectivity index (χ4n) is 3.50. The largest absolute Gasteiger partial charge is 2.00 e. The molecule has 0 amide bonds. The predicted octanol–water partition coefficient (Wildman–Crippen LogP) is 6.41. The fraction of sp³-hybridized carbons (Fsp3) is 0. The van der Waals surface area contributed by atoms with Crippen LogP contribution in [-0.4, -0.2) is 29.9 Å². The molecule has 0 aliphatic carbocycles. The SMILES string of the molecule is [Zn+2].c1ccc(-c2cccc(-c3ccccn3)n2)nc1.c1ccc(-c2cccc(-c3ccccn3)n2)nc1. The van der Waals surface area contributed by atoms with Crippen LogP contribution in [0.1, 0.15) is 0 Å². The summed E-state index contributed by atoms with van der Waals surface area (Å²) in [4.78, 5) is 26.4. The first-order valence-electron chi connectivity index (χ1n) is 11.5. The van der Waals surface area contributed by atoms with Crippen LogP contribution in [0.4, 0.5) is 0 Å². The molecule has 37 heavy (non-hydrogen) atoms. The molecular weight excluding hydrogens is 510 g/mol. The average molecular weight is 532 g/mol. The van der Waals surface area contributed by atoms with Crippen molar-refractivity contribution in [2.75, 3.05) is 0 Å². The molecule has 0 unspecified atom stereocenters. The number of aromatic nitrogens is 6. The van der Waals surface area contributed by atoms with E-state index >= 15 is 0 Å². The number of rotatable bonds is 4. The molecule has 7 heteroatoms. The Kier molecular flexibility index (Phi) is 9.00. The normalized spacial score (nSPS) is 9.95. The molecule has 0 saturated heterocycles. The third-order valence-corrected chi connectivity index (χ3v) is 5.21. The van der Waals surface area contributed by atoms with Gasteiger partial charge in [-0.3, -0.25) is 19.9 Å². The molecule has 0 atom stereocenters. The van der Waals surface area contributed by atoms with Crippen LogP contribution in [-0.2, 0) is 19.5 Å². The maximum atomic E-state index is 4.59. The summed E-state index contributed by atoms with van der Waals surface area (Å²) in [6.45, 7) is 0. The fourth-order valence-corrected chi connectivity index (χ4v) is 3.50. The Labute approximate surface area is 228 Å². The van der Waals surface area contributed by atoms with E-state index in [9.17, 15) is 0 Å². The Morgan fingerprint density at radius 1 is 0.270 bits per heavy atom. The van der Waals surface area contributed by atoms with Crippen LogP contribution in [0.2, 0.25) is 0 Å². The van der Waals surface area contributed by atoms with Crippen molar-refractivity contribution in [1.29, 1.82) is 0 Å². The first-order chi connectivity index (χ1) is 17.9. The van der Waals surface area contributed by atoms with E-state index in [-0.39, 0.29) is 19.5 Å². The first-order valence-corrected chi connectivity index (χ1v) is 11.5. The monoisotopic (exact) mass is 530 g/mol. The molecule has 6 nitrogen and oxygen atoms in total. The molecule has 172 valence electrons. The van der Waals surface area contributed by atoms with Crippen molar-refractivity contribution in [2.24, 2.45) is 0 Å². The van der Waals surface area contributed by atoms with Gasteiger partial charge in [-0.2, -0.15) is 0 Å². The zero-order valence-electron chi connectivity index (χ0n) is 20.1. The molecule has 0 aliphatic rings. The second-order valence-corrected chi connectivity index (χ2v) is 7.68. The summed E-state index contributed by atoms with van der Waals surface area (Å²) < 4.78 is 0. The summed E-state index contributed by atoms with van der Waals surface area (Å²) in [6.07, 6.45) is 7.07. The minimum atomic E-state index is 0. The molecule has 6 heterocycles. The molecule has 0 fully saturated rings. The Hall–Kier alpha value is -4.48. The van der Waals surface area contributed by atoms with Crippen molar-refractivity contribution in [3.63, 3.8) is 0 Å². The van der Waals surface area contributed by atoms with Gasteiger partial charge in [0.1, 0.15) is 0 Å². The molecule has 0 aromatic carbocycles. The van der Waals surface area contributed by atoms with Crippen molar-refractivity contribution < 1.29 is 19.5 Å². The third kappa shape index (κ3) is 6.81. The van der Waals surface area contributed by atoms with E-state index in [0.717, 1.165) is 45.6 Å². The van der Waals surface area contributed by atoms with E-state index < -0.39 is 0 Å². The number of nitrogens with zero attached hydrogens (tertiary/aromatic N) is 6. The third-order valence-electron chi connectivity index (χ3n) is 5.21. The summed E-state index contributed by atoms with van der Waals surface area (Å²) in [5, 5.41) is 0. The minimum Gasteiger partial charge on any atom is -0.255 e. The van der Waals surface area contributed by atoms with Crippen LogP contribution in [0.3, 0.4) is 0 Å². The second kappa shape index (κ2) is 13.0. The molecule has 6 aromatic heterocycles. The van der Waals surface area contributed by atoms with Crippen LogP contribution >= 0.6 is 0 Å². The van der Waals surface area contributed by atoms with E-state index in [4.69, 9.17) is 0 Å². The number of hydrogen-bond acceptors (Lipinski definition) is 6. The minimum absolute atomic E-state index is 0. The maximum absolute atomic E-state index is 4.59. The van der Waals surface area contributed by atoms with Gasteiger partial charge in [-0.15, -0.1) is 0 Å². The van der Waals surface area contributed by atoms with Gasteiger partial charge in [-0.05, 0) is 72.8 Å². The molecule has 0 saturated carbocycles. The molecular formula is C30H22N6Zn+2. The van der Waals surface area contributed by atoms with Crippen molar-refractivity contribution in [2.45, 2.75) is 0 Å². The van der Waals surface area contributed by atoms with Gasteiger partial charge < -0.3 is 0 Å². The van der Waals surface area contributed by atoms with Crippen molar-refractivity contribution in [3.05, 3.63) is 134 Å². The standard InChI is InChI=1S/2C15H11N3.Zn/c2*1-3-10-16-12(6-1)14-8-5-9-15(18-14)13-7-2-4-11-17-13;/h2*1-11H;/q;;+2. The van der Waals surface area contributed by atoms with Crippen LogP contribution < -0.4 is 0 Å². The topological polar surface area (TPSA) is 77.3 Å². The molecule has 0 spiro atoms. The Balaban J connectivity index is 0.000000168. The summed E-state index contributed by atoms with van der Waals surface area (Å²) in [6, 6.07) is 35.0. The first kappa shape index (κ1) is 25.6. The Morgan fingerprint density at radius 2 is 0.514 bits per heavy atom. The summed E-state index contributed by atoms with van der Waals surface area (Å²) in [5.74, 6) is 0. The molecule has 0 bridgehead atoms. The van der Waals surface area contributed by atoms with E-state index in [1.54, 1.807) is 24.8 Å². The number of pyridine rings is 6. The van der Waals surface area contributed by atoms with E-state index in [1.807, 2.05) is 109 Å². The van der Waals surface area contributed by atoms with Crippen LogP contribution in [0.5, 0.6) is 0 Å². The summed E-state index contributed by atoms with van der Waals surface area (Å²) >= 11 is 0. The number of hydrogen-bond donors (Lipinski definition) is 0. The molecule has 6 rings (SSSR count). The van der Waals surface area contributed by atoms with E-state index in [2.05, 4.69) is 29.9 Å². The quantitative estimate of drug-likeness (QED) is 0.245. The van der Waals surface area contributed by atoms with Gasteiger partial charge in [-0.1, -0.05) is 36.4 Å². The van der Waals surface area contributed by atoms with Crippen LogP contribution in [0, 0.1) is 0 Å². The zero-order valence-corrected chi connectivity index (χ0v) is 23.1. The van der Waals surface area contributed by atoms with Gasteiger partial charge in [-0.25, -0.2) is 9.97 Å². The Morgan fingerprint density at radius 3 is 0.730 bits per heavy atom. The molecule has 0 aliphatic heterocycles. The van der Waals surface area contributed by atoms with Gasteiger partial charge in [0.15, 0.2) is 0 Å². The molecule has 0 radical (unpaired) electrons. The zero-order chi connectivity index (χ0) is 24.4. The molecule has 6 aromatic rings. The maximum Gasteiger partial charge on any atom is 2.00 e. The summed E-state index contributed by atoms with van der Waals surface area (Å²) in [7, 11) is 0. The van der Waals surface area contributed by atoms with Crippen molar-refractivity contribution in [3.8, 4) is 45.6 Å². The van der Waals surface area contributed by atoms with E-state index in [0.29, 0.717) is 0 Å². The van der Waals surface area contributed by atoms with E-state index in [1.165, 1.54) is 0 Å². The molecule has 0 N–H and O–H groups in total. The van der Waals surface area contributed by atoms with Crippen molar-refractivity contribution in [1.82, 2.24) is 29.9 Å². The van der Waals surface area contributed by atoms with Gasteiger partial charge in [0.25, 0.3) is 0 Å². The van der Waals surface area contributed by atoms with Gasteiger partial charge in [0.05, 0.1) is 45.6 Å². The summed E-state index contributed by atoms with van der Waals surface area (Å²) in [5.41, 5.74) is 6.92. The average Bonchev–Trinajstić information content (AvgIpc) is 2.99. The van der Waals surface area contributed by atoms with Gasteiger partial charge in [0.2, 0.25) is 0 Å². The second-order valence-electron chi connectivity index (χ2n) is 7.68. The smallest absolute Gasteiger partial charge is 0.255 e. The Bertz CT molecular complexity index is 1290.